The molecule has 2 aromatic rings. The molecule has 0 aromatic carbocycles. The molecular formula is C13H18N6O3. The maximum absolute atomic E-state index is 12.1. The van der Waals surface area contributed by atoms with E-state index in [1.165, 1.54) is 6.33 Å². The van der Waals surface area contributed by atoms with Gasteiger partial charge < -0.3 is 14.7 Å². The van der Waals surface area contributed by atoms with Crippen LogP contribution in [0.25, 0.3) is 11.2 Å². The predicted molar refractivity (Wildman–Crippen MR) is 80.2 cm³/mol. The van der Waals surface area contributed by atoms with Crippen LogP contribution < -0.4 is 5.56 Å². The first-order valence-electron chi connectivity index (χ1n) is 7.02. The van der Waals surface area contributed by atoms with Crippen molar-refractivity contribution >= 4 is 23.5 Å². The summed E-state index contributed by atoms with van der Waals surface area (Å²) < 4.78 is 7.43. The van der Waals surface area contributed by atoms with Crippen LogP contribution >= 0.6 is 0 Å². The Bertz CT molecular complexity index is 750. The molecule has 0 bridgehead atoms. The van der Waals surface area contributed by atoms with Gasteiger partial charge in [0.2, 0.25) is 5.95 Å². The van der Waals surface area contributed by atoms with Gasteiger partial charge in [0.25, 0.3) is 5.56 Å². The van der Waals surface area contributed by atoms with Crippen LogP contribution in [0.5, 0.6) is 0 Å². The molecule has 2 N–H and O–H groups in total. The third-order valence-electron chi connectivity index (χ3n) is 3.43. The zero-order valence-electron chi connectivity index (χ0n) is 12.4. The summed E-state index contributed by atoms with van der Waals surface area (Å²) in [6, 6.07) is 0. The normalized spacial score (nSPS) is 22.0. The smallest absolute Gasteiger partial charge is 0.280 e. The third-order valence-corrected chi connectivity index (χ3v) is 3.43. The summed E-state index contributed by atoms with van der Waals surface area (Å²) in [5.41, 5.74) is 0.337. The molecule has 1 aliphatic rings. The summed E-state index contributed by atoms with van der Waals surface area (Å²) in [7, 11) is 3.65. The Balaban J connectivity index is 2.00. The first-order valence-corrected chi connectivity index (χ1v) is 7.02. The fourth-order valence-corrected chi connectivity index (χ4v) is 2.38. The average Bonchev–Trinajstić information content (AvgIpc) is 3.11. The van der Waals surface area contributed by atoms with Gasteiger partial charge in [0.1, 0.15) is 6.23 Å². The number of imidazole rings is 1. The summed E-state index contributed by atoms with van der Waals surface area (Å²) in [4.78, 5) is 28.9. The second-order valence-corrected chi connectivity index (χ2v) is 5.39. The van der Waals surface area contributed by atoms with Crippen molar-refractivity contribution < 1.29 is 9.84 Å². The second-order valence-electron chi connectivity index (χ2n) is 5.39. The summed E-state index contributed by atoms with van der Waals surface area (Å²) in [6.07, 6.45) is 4.13. The van der Waals surface area contributed by atoms with Crippen LogP contribution in [0.1, 0.15) is 19.1 Å². The Labute approximate surface area is 126 Å². The number of aliphatic imine (C=N–C) groups is 1. The Morgan fingerprint density at radius 2 is 2.41 bits per heavy atom. The zero-order chi connectivity index (χ0) is 15.7. The fourth-order valence-electron chi connectivity index (χ4n) is 2.38. The first-order chi connectivity index (χ1) is 10.6. The number of fused-ring (bicyclic) bond motifs is 1. The van der Waals surface area contributed by atoms with E-state index < -0.39 is 0 Å². The molecule has 1 fully saturated rings. The lowest BCUT2D eigenvalue weighted by molar-refractivity contribution is -0.0207. The van der Waals surface area contributed by atoms with Gasteiger partial charge in [0.05, 0.1) is 25.4 Å². The van der Waals surface area contributed by atoms with E-state index in [0.717, 1.165) is 12.8 Å². The molecule has 118 valence electrons. The molecule has 22 heavy (non-hydrogen) atoms. The van der Waals surface area contributed by atoms with Gasteiger partial charge in [-0.15, -0.1) is 0 Å². The Hall–Kier alpha value is -2.26. The number of ether oxygens (including phenoxy) is 1. The van der Waals surface area contributed by atoms with Gasteiger partial charge in [-0.2, -0.15) is 4.98 Å². The number of aromatic amines is 1. The number of aliphatic hydroxyl groups excluding tert-OH is 1. The molecule has 3 heterocycles. The van der Waals surface area contributed by atoms with E-state index in [1.807, 2.05) is 14.1 Å². The number of nitrogens with one attached hydrogen (secondary N) is 1. The minimum Gasteiger partial charge on any atom is -0.394 e. The van der Waals surface area contributed by atoms with Crippen molar-refractivity contribution in [3.05, 3.63) is 16.7 Å². The van der Waals surface area contributed by atoms with Gasteiger partial charge in [-0.1, -0.05) is 0 Å². The molecule has 2 atom stereocenters. The molecule has 0 amide bonds. The molecular weight excluding hydrogens is 288 g/mol. The molecule has 0 aliphatic carbocycles. The summed E-state index contributed by atoms with van der Waals surface area (Å²) in [6.45, 7) is -0.0183. The number of rotatable bonds is 4. The van der Waals surface area contributed by atoms with Crippen molar-refractivity contribution in [3.8, 4) is 0 Å². The van der Waals surface area contributed by atoms with Gasteiger partial charge in [-0.25, -0.2) is 9.98 Å². The monoisotopic (exact) mass is 306 g/mol. The van der Waals surface area contributed by atoms with Crippen LogP contribution in [0.15, 0.2) is 16.1 Å². The molecule has 0 spiro atoms. The fraction of sp³-hybridized carbons (Fsp3) is 0.538. The van der Waals surface area contributed by atoms with E-state index in [-0.39, 0.29) is 36.0 Å². The predicted octanol–water partition coefficient (Wildman–Crippen LogP) is 0.0109. The highest BCUT2D eigenvalue weighted by molar-refractivity contribution is 5.71. The van der Waals surface area contributed by atoms with Crippen molar-refractivity contribution in [1.29, 1.82) is 0 Å². The van der Waals surface area contributed by atoms with Gasteiger partial charge in [-0.05, 0) is 12.8 Å². The average molecular weight is 306 g/mol. The summed E-state index contributed by atoms with van der Waals surface area (Å²) in [5.74, 6) is 0.213. The van der Waals surface area contributed by atoms with E-state index in [4.69, 9.17) is 9.84 Å². The maximum atomic E-state index is 12.1. The van der Waals surface area contributed by atoms with Crippen LogP contribution in [0.4, 0.5) is 5.95 Å². The van der Waals surface area contributed by atoms with Crippen LogP contribution in [0, 0.1) is 0 Å². The number of aromatic nitrogens is 4. The molecule has 1 aliphatic heterocycles. The van der Waals surface area contributed by atoms with Gasteiger partial charge in [-0.3, -0.25) is 14.3 Å². The lowest BCUT2D eigenvalue weighted by Crippen LogP contribution is -2.15. The largest absolute Gasteiger partial charge is 0.394 e. The van der Waals surface area contributed by atoms with E-state index in [0.29, 0.717) is 5.65 Å². The van der Waals surface area contributed by atoms with E-state index in [1.54, 1.807) is 15.8 Å². The van der Waals surface area contributed by atoms with Crippen LogP contribution in [-0.2, 0) is 4.74 Å². The SMILES string of the molecule is CN(C)C=Nc1nc2c(ncn2[C@H]2CC[C@@H](CO)O2)c(=O)[nH]1. The highest BCUT2D eigenvalue weighted by Gasteiger charge is 2.27. The number of hydrogen-bond donors (Lipinski definition) is 2. The number of hydrogen-bond acceptors (Lipinski definition) is 6. The Morgan fingerprint density at radius 1 is 1.59 bits per heavy atom. The van der Waals surface area contributed by atoms with E-state index in [9.17, 15) is 4.79 Å². The van der Waals surface area contributed by atoms with Crippen molar-refractivity contribution in [2.75, 3.05) is 20.7 Å². The van der Waals surface area contributed by atoms with Crippen LogP contribution in [-0.4, -0.2) is 62.7 Å². The Morgan fingerprint density at radius 3 is 3.09 bits per heavy atom. The second kappa shape index (κ2) is 5.85. The van der Waals surface area contributed by atoms with Crippen molar-refractivity contribution in [2.45, 2.75) is 25.2 Å². The minimum absolute atomic E-state index is 0.0183. The number of H-pyrrole nitrogens is 1. The van der Waals surface area contributed by atoms with Gasteiger partial charge >= 0.3 is 0 Å². The quantitative estimate of drug-likeness (QED) is 0.608. The van der Waals surface area contributed by atoms with Crippen LogP contribution in [0.2, 0.25) is 0 Å². The molecule has 0 unspecified atom stereocenters. The lowest BCUT2D eigenvalue weighted by Gasteiger charge is -2.13. The third kappa shape index (κ3) is 2.72. The first kappa shape index (κ1) is 14.7. The van der Waals surface area contributed by atoms with Crippen molar-refractivity contribution in [1.82, 2.24) is 24.4 Å². The summed E-state index contributed by atoms with van der Waals surface area (Å²) >= 11 is 0. The topological polar surface area (TPSA) is 109 Å². The molecule has 2 aromatic heterocycles. The van der Waals surface area contributed by atoms with Gasteiger partial charge in [0.15, 0.2) is 11.2 Å². The molecule has 9 heteroatoms. The highest BCUT2D eigenvalue weighted by Crippen LogP contribution is 2.29. The standard InChI is InChI=1S/C13H18N6O3/c1-18(2)6-15-13-16-11-10(12(21)17-13)14-7-19(11)9-4-3-8(5-20)22-9/h6-9,20H,3-5H2,1-2H3,(H,16,17,21)/t8-,9+/m0/s1. The Kier molecular flexibility index (Phi) is 3.90. The molecule has 0 saturated carbocycles. The molecule has 3 rings (SSSR count). The molecule has 1 saturated heterocycles. The molecule has 0 radical (unpaired) electrons. The van der Waals surface area contributed by atoms with Gasteiger partial charge in [0, 0.05) is 14.1 Å². The maximum Gasteiger partial charge on any atom is 0.280 e. The molecule has 9 nitrogen and oxygen atoms in total. The van der Waals surface area contributed by atoms with Crippen molar-refractivity contribution in [3.63, 3.8) is 0 Å². The van der Waals surface area contributed by atoms with Crippen molar-refractivity contribution in [2.24, 2.45) is 4.99 Å². The van der Waals surface area contributed by atoms with E-state index >= 15 is 0 Å². The number of aliphatic hydroxyl groups is 1. The van der Waals surface area contributed by atoms with E-state index in [2.05, 4.69) is 19.9 Å². The minimum atomic E-state index is -0.341. The highest BCUT2D eigenvalue weighted by atomic mass is 16.5. The zero-order valence-corrected chi connectivity index (χ0v) is 12.4. The van der Waals surface area contributed by atoms with Crippen LogP contribution in [0.3, 0.4) is 0 Å². The lowest BCUT2D eigenvalue weighted by atomic mass is 10.2. The number of nitrogens with zero attached hydrogens (tertiary/aromatic N) is 5. The summed E-state index contributed by atoms with van der Waals surface area (Å²) in [5, 5.41) is 9.16.